The molecule has 0 aliphatic carbocycles. The fourth-order valence-electron chi connectivity index (χ4n) is 1.17. The summed E-state index contributed by atoms with van der Waals surface area (Å²) in [7, 11) is 0. The number of hydrogen-bond acceptors (Lipinski definition) is 3. The van der Waals surface area contributed by atoms with Crippen LogP contribution in [0.1, 0.15) is 12.5 Å². The first kappa shape index (κ1) is 12.5. The fraction of sp³-hybridized carbons (Fsp3) is 0.273. The van der Waals surface area contributed by atoms with E-state index in [4.69, 9.17) is 11.6 Å². The molecule has 0 unspecified atom stereocenters. The number of nitro groups is 1. The van der Waals surface area contributed by atoms with Crippen LogP contribution in [0.5, 0.6) is 0 Å². The fourth-order valence-corrected chi connectivity index (χ4v) is 1.35. The lowest BCUT2D eigenvalue weighted by Gasteiger charge is -2.02. The molecule has 1 aromatic rings. The zero-order valence-electron chi connectivity index (χ0n) is 8.79. The first-order chi connectivity index (χ1) is 7.65. The highest BCUT2D eigenvalue weighted by Crippen LogP contribution is 2.24. The van der Waals surface area contributed by atoms with Crippen molar-refractivity contribution in [3.05, 3.63) is 38.9 Å². The molecule has 0 fully saturated rings. The van der Waals surface area contributed by atoms with Crippen LogP contribution >= 0.6 is 11.6 Å². The van der Waals surface area contributed by atoms with Gasteiger partial charge >= 0.3 is 0 Å². The third-order valence-corrected chi connectivity index (χ3v) is 2.25. The Morgan fingerprint density at radius 1 is 1.56 bits per heavy atom. The summed E-state index contributed by atoms with van der Waals surface area (Å²) in [5, 5.41) is 13.8. The molecular formula is C11H11ClN2O2. The summed E-state index contributed by atoms with van der Waals surface area (Å²) in [6.07, 6.45) is 0. The highest BCUT2D eigenvalue weighted by molar-refractivity contribution is 6.32. The lowest BCUT2D eigenvalue weighted by atomic mass is 10.2. The molecule has 0 heterocycles. The van der Waals surface area contributed by atoms with Crippen LogP contribution < -0.4 is 5.32 Å². The van der Waals surface area contributed by atoms with E-state index < -0.39 is 4.92 Å². The number of rotatable bonds is 4. The Kier molecular flexibility index (Phi) is 4.77. The van der Waals surface area contributed by atoms with Crippen molar-refractivity contribution in [3.63, 3.8) is 0 Å². The third kappa shape index (κ3) is 3.54. The topological polar surface area (TPSA) is 55.2 Å². The summed E-state index contributed by atoms with van der Waals surface area (Å²) in [5.41, 5.74) is 0.747. The van der Waals surface area contributed by atoms with Crippen molar-refractivity contribution in [1.82, 2.24) is 5.32 Å². The number of nitrogens with zero attached hydrogens (tertiary/aromatic N) is 1. The van der Waals surface area contributed by atoms with Crippen LogP contribution in [0.3, 0.4) is 0 Å². The third-order valence-electron chi connectivity index (χ3n) is 1.93. The predicted molar refractivity (Wildman–Crippen MR) is 63.3 cm³/mol. The van der Waals surface area contributed by atoms with E-state index in [1.54, 1.807) is 13.0 Å². The zero-order valence-corrected chi connectivity index (χ0v) is 9.54. The van der Waals surface area contributed by atoms with Crippen LogP contribution in [-0.4, -0.2) is 11.5 Å². The standard InChI is InChI=1S/C11H11ClN2O2/c1-2-3-6-13-8-9-4-5-10(12)11(7-9)14(15)16/h4-5,7,13H,6,8H2,1H3. The summed E-state index contributed by atoms with van der Waals surface area (Å²) in [6, 6.07) is 4.75. The highest BCUT2D eigenvalue weighted by atomic mass is 35.5. The van der Waals surface area contributed by atoms with Gasteiger partial charge in [0, 0.05) is 12.6 Å². The second kappa shape index (κ2) is 6.11. The molecule has 5 heteroatoms. The second-order valence-corrected chi connectivity index (χ2v) is 3.48. The maximum absolute atomic E-state index is 10.6. The minimum atomic E-state index is -0.488. The van der Waals surface area contributed by atoms with Gasteiger partial charge in [-0.15, -0.1) is 5.92 Å². The van der Waals surface area contributed by atoms with E-state index in [2.05, 4.69) is 17.2 Å². The Labute approximate surface area is 98.8 Å². The summed E-state index contributed by atoms with van der Waals surface area (Å²) in [4.78, 5) is 10.1. The number of halogens is 1. The number of hydrogen-bond donors (Lipinski definition) is 1. The van der Waals surface area contributed by atoms with Gasteiger partial charge in [0.05, 0.1) is 11.5 Å². The van der Waals surface area contributed by atoms with Gasteiger partial charge in [-0.25, -0.2) is 0 Å². The zero-order chi connectivity index (χ0) is 12.0. The highest BCUT2D eigenvalue weighted by Gasteiger charge is 2.12. The summed E-state index contributed by atoms with van der Waals surface area (Å²) in [6.45, 7) is 2.86. The molecule has 1 rings (SSSR count). The van der Waals surface area contributed by atoms with Crippen LogP contribution in [0.15, 0.2) is 18.2 Å². The van der Waals surface area contributed by atoms with Gasteiger partial charge in [-0.1, -0.05) is 23.6 Å². The van der Waals surface area contributed by atoms with E-state index in [0.29, 0.717) is 13.1 Å². The predicted octanol–water partition coefficient (Wildman–Crippen LogP) is 2.36. The first-order valence-electron chi connectivity index (χ1n) is 4.68. The number of nitrogens with one attached hydrogen (secondary N) is 1. The number of nitro benzene ring substituents is 1. The van der Waals surface area contributed by atoms with Crippen LogP contribution in [-0.2, 0) is 6.54 Å². The molecule has 0 aromatic heterocycles. The minimum Gasteiger partial charge on any atom is -0.302 e. The largest absolute Gasteiger partial charge is 0.302 e. The molecule has 0 saturated heterocycles. The molecule has 0 amide bonds. The van der Waals surface area contributed by atoms with Crippen molar-refractivity contribution in [2.24, 2.45) is 0 Å². The van der Waals surface area contributed by atoms with Crippen molar-refractivity contribution >= 4 is 17.3 Å². The second-order valence-electron chi connectivity index (χ2n) is 3.07. The van der Waals surface area contributed by atoms with Crippen LogP contribution in [0, 0.1) is 22.0 Å². The van der Waals surface area contributed by atoms with Gasteiger partial charge in [0.2, 0.25) is 0 Å². The summed E-state index contributed by atoms with van der Waals surface area (Å²) in [5.74, 6) is 5.60. The SMILES string of the molecule is CC#CCNCc1ccc(Cl)c([N+](=O)[O-])c1. The molecule has 0 spiro atoms. The Morgan fingerprint density at radius 3 is 2.94 bits per heavy atom. The van der Waals surface area contributed by atoms with Crippen LogP contribution in [0.4, 0.5) is 5.69 Å². The van der Waals surface area contributed by atoms with E-state index in [0.717, 1.165) is 5.56 Å². The maximum atomic E-state index is 10.6. The Hall–Kier alpha value is -1.57. The van der Waals surface area contributed by atoms with E-state index in [1.165, 1.54) is 12.1 Å². The van der Waals surface area contributed by atoms with E-state index in [9.17, 15) is 10.1 Å². The van der Waals surface area contributed by atoms with Gasteiger partial charge in [0.25, 0.3) is 5.69 Å². The Morgan fingerprint density at radius 2 is 2.31 bits per heavy atom. The van der Waals surface area contributed by atoms with Crippen molar-refractivity contribution in [2.75, 3.05) is 6.54 Å². The average molecular weight is 239 g/mol. The van der Waals surface area contributed by atoms with Gasteiger partial charge < -0.3 is 5.32 Å². The van der Waals surface area contributed by atoms with Gasteiger partial charge in [-0.3, -0.25) is 10.1 Å². The smallest absolute Gasteiger partial charge is 0.288 e. The quantitative estimate of drug-likeness (QED) is 0.379. The van der Waals surface area contributed by atoms with Crippen molar-refractivity contribution in [3.8, 4) is 11.8 Å². The molecule has 0 saturated carbocycles. The normalized spacial score (nSPS) is 9.38. The van der Waals surface area contributed by atoms with Crippen molar-refractivity contribution in [2.45, 2.75) is 13.5 Å². The molecule has 0 aliphatic rings. The Bertz CT molecular complexity index is 449. The molecule has 84 valence electrons. The van der Waals surface area contributed by atoms with Gasteiger partial charge in [-0.2, -0.15) is 0 Å². The van der Waals surface area contributed by atoms with Crippen molar-refractivity contribution in [1.29, 1.82) is 0 Å². The molecule has 0 aliphatic heterocycles. The van der Waals surface area contributed by atoms with Gasteiger partial charge in [0.15, 0.2) is 0 Å². The van der Waals surface area contributed by atoms with E-state index >= 15 is 0 Å². The monoisotopic (exact) mass is 238 g/mol. The first-order valence-corrected chi connectivity index (χ1v) is 5.06. The van der Waals surface area contributed by atoms with Crippen LogP contribution in [0.2, 0.25) is 5.02 Å². The lowest BCUT2D eigenvalue weighted by molar-refractivity contribution is -0.384. The molecule has 0 radical (unpaired) electrons. The summed E-state index contributed by atoms with van der Waals surface area (Å²) < 4.78 is 0. The molecule has 1 N–H and O–H groups in total. The number of benzene rings is 1. The van der Waals surface area contributed by atoms with E-state index in [-0.39, 0.29) is 10.7 Å². The average Bonchev–Trinajstić information content (AvgIpc) is 2.26. The Balaban J connectivity index is 2.70. The lowest BCUT2D eigenvalue weighted by Crippen LogP contribution is -2.13. The maximum Gasteiger partial charge on any atom is 0.288 e. The molecule has 4 nitrogen and oxygen atoms in total. The molecule has 0 bridgehead atoms. The summed E-state index contributed by atoms with van der Waals surface area (Å²) >= 11 is 5.69. The molecule has 0 atom stereocenters. The van der Waals surface area contributed by atoms with Crippen molar-refractivity contribution < 1.29 is 4.92 Å². The molecule has 1 aromatic carbocycles. The van der Waals surface area contributed by atoms with Gasteiger partial charge in [-0.05, 0) is 18.6 Å². The van der Waals surface area contributed by atoms with E-state index in [1.807, 2.05) is 0 Å². The molecular weight excluding hydrogens is 228 g/mol. The molecule has 16 heavy (non-hydrogen) atoms. The van der Waals surface area contributed by atoms with Gasteiger partial charge in [0.1, 0.15) is 5.02 Å². The van der Waals surface area contributed by atoms with Crippen LogP contribution in [0.25, 0.3) is 0 Å². The minimum absolute atomic E-state index is 0.0671.